The number of aryl methyl sites for hydroxylation is 1. The molecule has 2 aromatic carbocycles. The fourth-order valence-corrected chi connectivity index (χ4v) is 2.01. The van der Waals surface area contributed by atoms with Crippen LogP contribution in [-0.4, -0.2) is 12.1 Å². The minimum Gasteiger partial charge on any atom is -0.497 e. The zero-order valence-corrected chi connectivity index (χ0v) is 11.3. The fraction of sp³-hybridized carbons (Fsp3) is 0.133. The second-order valence-corrected chi connectivity index (χ2v) is 4.55. The molecule has 102 valence electrons. The summed E-state index contributed by atoms with van der Waals surface area (Å²) < 4.78 is 10.8. The molecule has 0 spiro atoms. The monoisotopic (exact) mass is 269 g/mol. The number of oxazole rings is 1. The topological polar surface area (TPSA) is 73.3 Å². The molecule has 3 rings (SSSR count). The summed E-state index contributed by atoms with van der Waals surface area (Å²) in [4.78, 5) is 4.37. The number of hydrogen-bond donors (Lipinski definition) is 2. The van der Waals surface area contributed by atoms with Gasteiger partial charge in [-0.15, -0.1) is 0 Å². The summed E-state index contributed by atoms with van der Waals surface area (Å²) >= 11 is 0. The molecule has 0 fully saturated rings. The molecule has 3 N–H and O–H groups in total. The number of rotatable bonds is 3. The summed E-state index contributed by atoms with van der Waals surface area (Å²) in [5.74, 6) is 0.818. The van der Waals surface area contributed by atoms with Gasteiger partial charge in [0.25, 0.3) is 6.01 Å². The van der Waals surface area contributed by atoms with Gasteiger partial charge in [-0.2, -0.15) is 4.98 Å². The van der Waals surface area contributed by atoms with Crippen molar-refractivity contribution in [3.05, 3.63) is 42.0 Å². The van der Waals surface area contributed by atoms with Crippen LogP contribution >= 0.6 is 0 Å². The minimum atomic E-state index is 0.443. The Morgan fingerprint density at radius 2 is 2.05 bits per heavy atom. The molecular weight excluding hydrogens is 254 g/mol. The van der Waals surface area contributed by atoms with Gasteiger partial charge in [0.1, 0.15) is 11.3 Å². The predicted molar refractivity (Wildman–Crippen MR) is 79.4 cm³/mol. The van der Waals surface area contributed by atoms with Crippen molar-refractivity contribution in [3.8, 4) is 5.75 Å². The Hall–Kier alpha value is -2.69. The average Bonchev–Trinajstić information content (AvgIpc) is 2.82. The SMILES string of the molecule is COc1ccc(Nc2nc3ccc(N)cc3o2)c(C)c1. The van der Waals surface area contributed by atoms with Crippen molar-refractivity contribution in [3.63, 3.8) is 0 Å². The van der Waals surface area contributed by atoms with E-state index >= 15 is 0 Å². The molecule has 20 heavy (non-hydrogen) atoms. The van der Waals surface area contributed by atoms with Crippen molar-refractivity contribution in [2.24, 2.45) is 0 Å². The average molecular weight is 269 g/mol. The number of anilines is 3. The van der Waals surface area contributed by atoms with Crippen molar-refractivity contribution in [1.82, 2.24) is 4.98 Å². The normalized spacial score (nSPS) is 10.7. The van der Waals surface area contributed by atoms with Crippen LogP contribution in [0.1, 0.15) is 5.56 Å². The standard InChI is InChI=1S/C15H15N3O2/c1-9-7-11(19-2)4-6-12(9)17-15-18-13-5-3-10(16)8-14(13)20-15/h3-8H,16H2,1-2H3,(H,17,18). The van der Waals surface area contributed by atoms with Crippen molar-refractivity contribution in [2.75, 3.05) is 18.2 Å². The quantitative estimate of drug-likeness (QED) is 0.712. The molecule has 1 aromatic heterocycles. The van der Waals surface area contributed by atoms with E-state index in [1.165, 1.54) is 0 Å². The van der Waals surface area contributed by atoms with Gasteiger partial charge >= 0.3 is 0 Å². The smallest absolute Gasteiger partial charge is 0.300 e. The first-order valence-corrected chi connectivity index (χ1v) is 6.23. The Balaban J connectivity index is 1.92. The first-order valence-electron chi connectivity index (χ1n) is 6.23. The largest absolute Gasteiger partial charge is 0.497 e. The van der Waals surface area contributed by atoms with E-state index in [0.717, 1.165) is 22.5 Å². The molecule has 0 amide bonds. The van der Waals surface area contributed by atoms with E-state index in [4.69, 9.17) is 14.9 Å². The van der Waals surface area contributed by atoms with E-state index in [1.807, 2.05) is 31.2 Å². The molecule has 0 bridgehead atoms. The highest BCUT2D eigenvalue weighted by Gasteiger charge is 2.08. The number of nitrogens with zero attached hydrogens (tertiary/aromatic N) is 1. The van der Waals surface area contributed by atoms with Crippen LogP contribution in [0, 0.1) is 6.92 Å². The van der Waals surface area contributed by atoms with E-state index in [1.54, 1.807) is 19.2 Å². The zero-order chi connectivity index (χ0) is 14.1. The molecule has 3 aromatic rings. The number of fused-ring (bicyclic) bond motifs is 1. The lowest BCUT2D eigenvalue weighted by Crippen LogP contribution is -1.94. The second kappa shape index (κ2) is 4.77. The number of nitrogens with two attached hydrogens (primary N) is 1. The molecule has 0 atom stereocenters. The van der Waals surface area contributed by atoms with Crippen molar-refractivity contribution >= 4 is 28.5 Å². The van der Waals surface area contributed by atoms with Gasteiger partial charge in [-0.3, -0.25) is 0 Å². The summed E-state index contributed by atoms with van der Waals surface area (Å²) in [5.41, 5.74) is 9.78. The third-order valence-corrected chi connectivity index (χ3v) is 3.09. The highest BCUT2D eigenvalue weighted by atomic mass is 16.5. The van der Waals surface area contributed by atoms with Crippen molar-refractivity contribution in [1.29, 1.82) is 0 Å². The van der Waals surface area contributed by atoms with Crippen LogP contribution in [0.2, 0.25) is 0 Å². The van der Waals surface area contributed by atoms with Gasteiger partial charge in [-0.1, -0.05) is 0 Å². The van der Waals surface area contributed by atoms with E-state index in [2.05, 4.69) is 10.3 Å². The number of nitrogens with one attached hydrogen (secondary N) is 1. The minimum absolute atomic E-state index is 0.443. The molecule has 0 aliphatic heterocycles. The van der Waals surface area contributed by atoms with Crippen LogP contribution < -0.4 is 15.8 Å². The molecule has 0 radical (unpaired) electrons. The van der Waals surface area contributed by atoms with Gasteiger partial charge in [-0.05, 0) is 42.8 Å². The number of benzene rings is 2. The molecule has 0 saturated heterocycles. The van der Waals surface area contributed by atoms with Gasteiger partial charge in [0.15, 0.2) is 5.58 Å². The molecular formula is C15H15N3O2. The van der Waals surface area contributed by atoms with E-state index < -0.39 is 0 Å². The van der Waals surface area contributed by atoms with Gasteiger partial charge in [0, 0.05) is 17.4 Å². The van der Waals surface area contributed by atoms with Gasteiger partial charge in [-0.25, -0.2) is 0 Å². The first kappa shape index (κ1) is 12.3. The van der Waals surface area contributed by atoms with Crippen LogP contribution in [0.3, 0.4) is 0 Å². The van der Waals surface area contributed by atoms with Gasteiger partial charge in [0.2, 0.25) is 0 Å². The van der Waals surface area contributed by atoms with E-state index in [9.17, 15) is 0 Å². The first-order chi connectivity index (χ1) is 9.65. The molecule has 5 nitrogen and oxygen atoms in total. The lowest BCUT2D eigenvalue weighted by atomic mass is 10.2. The summed E-state index contributed by atoms with van der Waals surface area (Å²) in [6.45, 7) is 1.99. The Kier molecular flexibility index (Phi) is 2.95. The van der Waals surface area contributed by atoms with Crippen LogP contribution in [0.25, 0.3) is 11.1 Å². The third-order valence-electron chi connectivity index (χ3n) is 3.09. The van der Waals surface area contributed by atoms with Crippen LogP contribution in [0.15, 0.2) is 40.8 Å². The Labute approximate surface area is 116 Å². The fourth-order valence-electron chi connectivity index (χ4n) is 2.01. The zero-order valence-electron chi connectivity index (χ0n) is 11.3. The summed E-state index contributed by atoms with van der Waals surface area (Å²) in [7, 11) is 1.65. The molecule has 0 aliphatic rings. The third kappa shape index (κ3) is 2.25. The van der Waals surface area contributed by atoms with Crippen molar-refractivity contribution in [2.45, 2.75) is 6.92 Å². The van der Waals surface area contributed by atoms with E-state index in [-0.39, 0.29) is 0 Å². The number of nitrogen functional groups attached to an aromatic ring is 1. The highest BCUT2D eigenvalue weighted by molar-refractivity contribution is 5.78. The highest BCUT2D eigenvalue weighted by Crippen LogP contribution is 2.27. The lowest BCUT2D eigenvalue weighted by molar-refractivity contribution is 0.414. The summed E-state index contributed by atoms with van der Waals surface area (Å²) in [6, 6.07) is 11.6. The number of aromatic nitrogens is 1. The van der Waals surface area contributed by atoms with Crippen molar-refractivity contribution < 1.29 is 9.15 Å². The Bertz CT molecular complexity index is 765. The number of ether oxygens (including phenoxy) is 1. The molecule has 0 saturated carbocycles. The summed E-state index contributed by atoms with van der Waals surface area (Å²) in [5, 5.41) is 3.16. The maximum absolute atomic E-state index is 5.72. The Morgan fingerprint density at radius 3 is 2.80 bits per heavy atom. The number of methoxy groups -OCH3 is 1. The maximum Gasteiger partial charge on any atom is 0.300 e. The number of hydrogen-bond acceptors (Lipinski definition) is 5. The van der Waals surface area contributed by atoms with Crippen LogP contribution in [0.4, 0.5) is 17.4 Å². The van der Waals surface area contributed by atoms with Gasteiger partial charge in [0.05, 0.1) is 7.11 Å². The Morgan fingerprint density at radius 1 is 1.20 bits per heavy atom. The molecule has 5 heteroatoms. The second-order valence-electron chi connectivity index (χ2n) is 4.55. The van der Waals surface area contributed by atoms with Crippen LogP contribution in [0.5, 0.6) is 5.75 Å². The predicted octanol–water partition coefficient (Wildman–Crippen LogP) is 3.47. The molecule has 0 unspecified atom stereocenters. The van der Waals surface area contributed by atoms with Crippen LogP contribution in [-0.2, 0) is 0 Å². The maximum atomic E-state index is 5.72. The molecule has 0 aliphatic carbocycles. The van der Waals surface area contributed by atoms with E-state index in [0.29, 0.717) is 17.3 Å². The molecule has 1 heterocycles. The lowest BCUT2D eigenvalue weighted by Gasteiger charge is -2.07. The van der Waals surface area contributed by atoms with Gasteiger partial charge < -0.3 is 20.2 Å². The summed E-state index contributed by atoms with van der Waals surface area (Å²) in [6.07, 6.45) is 0.